The number of nitrogens with two attached hydrogens (primary N) is 1. The molecule has 0 aliphatic carbocycles. The summed E-state index contributed by atoms with van der Waals surface area (Å²) >= 11 is 0. The van der Waals surface area contributed by atoms with Gasteiger partial charge in [0, 0.05) is 35.2 Å². The molecule has 1 heterocycles. The Bertz CT molecular complexity index is 1020. The summed E-state index contributed by atoms with van der Waals surface area (Å²) < 4.78 is 0. The summed E-state index contributed by atoms with van der Waals surface area (Å²) in [4.78, 5) is 15.0. The van der Waals surface area contributed by atoms with E-state index in [-0.39, 0.29) is 11.9 Å². The number of hydrogen-bond acceptors (Lipinski definition) is 1. The van der Waals surface area contributed by atoms with Crippen LogP contribution in [0.15, 0.2) is 72.8 Å². The van der Waals surface area contributed by atoms with Gasteiger partial charge in [-0.2, -0.15) is 0 Å². The van der Waals surface area contributed by atoms with Crippen molar-refractivity contribution in [3.63, 3.8) is 0 Å². The summed E-state index contributed by atoms with van der Waals surface area (Å²) in [6.07, 6.45) is 2.66. The van der Waals surface area contributed by atoms with Crippen LogP contribution in [0.3, 0.4) is 0 Å². The van der Waals surface area contributed by atoms with E-state index in [1.165, 1.54) is 37.1 Å². The number of benzene rings is 3. The summed E-state index contributed by atoms with van der Waals surface area (Å²) in [7, 11) is 0. The number of quaternary nitrogens is 2. The summed E-state index contributed by atoms with van der Waals surface area (Å²) in [5.74, 6) is 0.0175. The highest BCUT2D eigenvalue weighted by molar-refractivity contribution is 5.94. The molecule has 166 valence electrons. The van der Waals surface area contributed by atoms with Gasteiger partial charge in [-0.3, -0.25) is 4.79 Å². The number of carbonyl (C=O) groups excluding carboxylic acids is 1. The highest BCUT2D eigenvalue weighted by Crippen LogP contribution is 2.17. The van der Waals surface area contributed by atoms with Crippen molar-refractivity contribution in [2.75, 3.05) is 18.4 Å². The maximum atomic E-state index is 13.4. The standard InChI is InChI=1S/C28H33N3O/c1-21-16-22(2)18-26(17-21)30-28(32)27(23-10-4-3-5-11-23)29-19-24-12-6-7-13-25(24)20-31-14-8-9-15-31/h3-7,10-13,16-18,27,29H,8-9,14-15,19-20H2,1-2H3,(H,30,32)/p+2/t27-/m1/s1. The van der Waals surface area contributed by atoms with E-state index >= 15 is 0 Å². The quantitative estimate of drug-likeness (QED) is 0.507. The van der Waals surface area contributed by atoms with Gasteiger partial charge >= 0.3 is 0 Å². The molecule has 0 saturated carbocycles. The molecule has 1 aliphatic heterocycles. The van der Waals surface area contributed by atoms with E-state index in [2.05, 4.69) is 54.8 Å². The van der Waals surface area contributed by atoms with Crippen LogP contribution < -0.4 is 15.5 Å². The maximum Gasteiger partial charge on any atom is 0.287 e. The summed E-state index contributed by atoms with van der Waals surface area (Å²) in [6.45, 7) is 8.51. The Hall–Kier alpha value is -2.95. The van der Waals surface area contributed by atoms with E-state index in [0.717, 1.165) is 35.5 Å². The Balaban J connectivity index is 1.51. The lowest BCUT2D eigenvalue weighted by molar-refractivity contribution is -0.901. The van der Waals surface area contributed by atoms with Gasteiger partial charge in [0.25, 0.3) is 5.91 Å². The lowest BCUT2D eigenvalue weighted by atomic mass is 10.0. The number of hydrogen-bond donors (Lipinski definition) is 3. The van der Waals surface area contributed by atoms with Crippen molar-refractivity contribution < 1.29 is 15.0 Å². The first-order valence-corrected chi connectivity index (χ1v) is 11.8. The van der Waals surface area contributed by atoms with Gasteiger partial charge in [-0.05, 0) is 37.1 Å². The second-order valence-corrected chi connectivity index (χ2v) is 9.10. The number of aryl methyl sites for hydroxylation is 2. The topological polar surface area (TPSA) is 50.1 Å². The largest absolute Gasteiger partial charge is 0.331 e. The molecule has 1 amide bonds. The van der Waals surface area contributed by atoms with Gasteiger partial charge in [0.15, 0.2) is 6.04 Å². The minimum atomic E-state index is -0.302. The van der Waals surface area contributed by atoms with Gasteiger partial charge < -0.3 is 15.5 Å². The van der Waals surface area contributed by atoms with E-state index < -0.39 is 0 Å². The van der Waals surface area contributed by atoms with Crippen LogP contribution in [0.1, 0.15) is 46.7 Å². The van der Waals surface area contributed by atoms with Gasteiger partial charge in [-0.1, -0.05) is 60.7 Å². The van der Waals surface area contributed by atoms with Crippen molar-refractivity contribution in [1.29, 1.82) is 0 Å². The Morgan fingerprint density at radius 2 is 1.53 bits per heavy atom. The second-order valence-electron chi connectivity index (χ2n) is 9.10. The molecule has 0 bridgehead atoms. The number of anilines is 1. The van der Waals surface area contributed by atoms with Crippen LogP contribution in [0, 0.1) is 13.8 Å². The zero-order chi connectivity index (χ0) is 22.3. The Morgan fingerprint density at radius 1 is 0.906 bits per heavy atom. The third-order valence-electron chi connectivity index (χ3n) is 6.37. The number of rotatable bonds is 8. The third-order valence-corrected chi connectivity index (χ3v) is 6.37. The van der Waals surface area contributed by atoms with E-state index in [9.17, 15) is 4.79 Å². The molecule has 1 saturated heterocycles. The maximum absolute atomic E-state index is 13.4. The Kier molecular flexibility index (Phi) is 7.35. The zero-order valence-electron chi connectivity index (χ0n) is 19.2. The van der Waals surface area contributed by atoms with Crippen LogP contribution in [0.25, 0.3) is 0 Å². The lowest BCUT2D eigenvalue weighted by Crippen LogP contribution is -3.08. The van der Waals surface area contributed by atoms with Crippen molar-refractivity contribution >= 4 is 11.6 Å². The van der Waals surface area contributed by atoms with E-state index in [1.807, 2.05) is 42.5 Å². The molecule has 0 spiro atoms. The summed E-state index contributed by atoms with van der Waals surface area (Å²) in [5, 5.41) is 5.33. The molecule has 0 radical (unpaired) electrons. The van der Waals surface area contributed by atoms with Crippen LogP contribution >= 0.6 is 0 Å². The van der Waals surface area contributed by atoms with Crippen LogP contribution in [0.4, 0.5) is 5.69 Å². The van der Waals surface area contributed by atoms with Gasteiger partial charge in [0.1, 0.15) is 13.1 Å². The third kappa shape index (κ3) is 5.84. The van der Waals surface area contributed by atoms with Gasteiger partial charge in [-0.25, -0.2) is 0 Å². The predicted molar refractivity (Wildman–Crippen MR) is 129 cm³/mol. The van der Waals surface area contributed by atoms with Gasteiger partial charge in [0.2, 0.25) is 0 Å². The van der Waals surface area contributed by atoms with E-state index in [1.54, 1.807) is 4.90 Å². The van der Waals surface area contributed by atoms with Crippen LogP contribution in [-0.2, 0) is 17.9 Å². The van der Waals surface area contributed by atoms with Crippen LogP contribution in [0.5, 0.6) is 0 Å². The molecule has 4 rings (SSSR count). The molecule has 4 nitrogen and oxygen atoms in total. The smallest absolute Gasteiger partial charge is 0.287 e. The molecular formula is C28H35N3O+2. The molecule has 3 aromatic rings. The number of carbonyl (C=O) groups is 1. The number of likely N-dealkylation sites (tertiary alicyclic amines) is 1. The molecule has 0 unspecified atom stereocenters. The van der Waals surface area contributed by atoms with Gasteiger partial charge in [0.05, 0.1) is 13.1 Å². The van der Waals surface area contributed by atoms with E-state index in [4.69, 9.17) is 0 Å². The minimum absolute atomic E-state index is 0.0175. The summed E-state index contributed by atoms with van der Waals surface area (Å²) in [5.41, 5.74) is 6.92. The predicted octanol–water partition coefficient (Wildman–Crippen LogP) is 2.93. The fraction of sp³-hybridized carbons (Fsp3) is 0.321. The molecule has 0 aromatic heterocycles. The van der Waals surface area contributed by atoms with Crippen molar-refractivity contribution in [3.8, 4) is 0 Å². The van der Waals surface area contributed by atoms with Crippen molar-refractivity contribution in [1.82, 2.24) is 0 Å². The lowest BCUT2D eigenvalue weighted by Gasteiger charge is -2.18. The Labute approximate surface area is 191 Å². The van der Waals surface area contributed by atoms with Crippen molar-refractivity contribution in [3.05, 3.63) is 101 Å². The average molecular weight is 430 g/mol. The fourth-order valence-electron chi connectivity index (χ4n) is 4.82. The van der Waals surface area contributed by atoms with Crippen LogP contribution in [0.2, 0.25) is 0 Å². The number of nitrogens with one attached hydrogen (secondary N) is 2. The minimum Gasteiger partial charge on any atom is -0.331 e. The first kappa shape index (κ1) is 22.3. The first-order chi connectivity index (χ1) is 15.6. The second kappa shape index (κ2) is 10.6. The molecule has 3 aromatic carbocycles. The zero-order valence-corrected chi connectivity index (χ0v) is 19.2. The molecule has 1 fully saturated rings. The number of amides is 1. The van der Waals surface area contributed by atoms with Crippen molar-refractivity contribution in [2.24, 2.45) is 0 Å². The SMILES string of the molecule is Cc1cc(C)cc(NC(=O)[C@H]([NH2+]Cc2ccccc2C[NH+]2CCCC2)c2ccccc2)c1. The summed E-state index contributed by atoms with van der Waals surface area (Å²) in [6, 6.07) is 24.7. The van der Waals surface area contributed by atoms with Gasteiger partial charge in [-0.15, -0.1) is 0 Å². The Morgan fingerprint density at radius 3 is 2.22 bits per heavy atom. The molecule has 1 atom stereocenters. The fourth-order valence-corrected chi connectivity index (χ4v) is 4.82. The molecule has 4 N–H and O–H groups in total. The first-order valence-electron chi connectivity index (χ1n) is 11.8. The normalized spacial score (nSPS) is 14.9. The van der Waals surface area contributed by atoms with Crippen LogP contribution in [-0.4, -0.2) is 19.0 Å². The monoisotopic (exact) mass is 429 g/mol. The molecule has 1 aliphatic rings. The highest BCUT2D eigenvalue weighted by atomic mass is 16.2. The van der Waals surface area contributed by atoms with Crippen molar-refractivity contribution in [2.45, 2.75) is 45.8 Å². The average Bonchev–Trinajstić information content (AvgIpc) is 3.28. The molecule has 4 heteroatoms. The van der Waals surface area contributed by atoms with E-state index in [0.29, 0.717) is 0 Å². The molecular weight excluding hydrogens is 394 g/mol. The highest BCUT2D eigenvalue weighted by Gasteiger charge is 2.25. The molecule has 32 heavy (non-hydrogen) atoms.